The molecule has 0 saturated heterocycles. The zero-order valence-electron chi connectivity index (χ0n) is 29.5. The lowest BCUT2D eigenvalue weighted by atomic mass is 9.89. The van der Waals surface area contributed by atoms with Crippen LogP contribution >= 0.6 is 0 Å². The Morgan fingerprint density at radius 2 is 1.78 bits per heavy atom. The van der Waals surface area contributed by atoms with Crippen molar-refractivity contribution in [2.75, 3.05) is 13.7 Å². The topological polar surface area (TPSA) is 145 Å². The fourth-order valence-electron chi connectivity index (χ4n) is 6.54. The first-order chi connectivity index (χ1) is 23.6. The SMILES string of the molecule is COc1c(CC(=O)c2cc3c(cc2O)OC(C)(C)C(O)C3)ccc2c1C=CC(C)(C)O2.Cc1cc(=O)c2c(O)c3c(cc2o1)OCC(C)CC3. The Morgan fingerprint density at radius 1 is 1.02 bits per heavy atom. The summed E-state index contributed by atoms with van der Waals surface area (Å²) in [5.41, 5.74) is 2.11. The fraction of sp³-hybridized carbons (Fsp3) is 0.400. The van der Waals surface area contributed by atoms with Gasteiger partial charge in [-0.25, -0.2) is 0 Å². The Kier molecular flexibility index (Phi) is 9.11. The van der Waals surface area contributed by atoms with Gasteiger partial charge in [-0.1, -0.05) is 13.0 Å². The van der Waals surface area contributed by atoms with E-state index in [0.717, 1.165) is 12.0 Å². The summed E-state index contributed by atoms with van der Waals surface area (Å²) in [7, 11) is 1.56. The van der Waals surface area contributed by atoms with Crippen LogP contribution in [0.5, 0.6) is 34.5 Å². The molecule has 10 heteroatoms. The van der Waals surface area contributed by atoms with E-state index in [1.165, 1.54) is 12.1 Å². The third-order valence-corrected chi connectivity index (χ3v) is 9.48. The Morgan fingerprint density at radius 3 is 2.52 bits per heavy atom. The number of hydrogen-bond donors (Lipinski definition) is 3. The molecule has 264 valence electrons. The highest BCUT2D eigenvalue weighted by atomic mass is 16.5. The Bertz CT molecular complexity index is 2070. The summed E-state index contributed by atoms with van der Waals surface area (Å²) >= 11 is 0. The minimum atomic E-state index is -0.758. The number of aryl methyl sites for hydroxylation is 1. The summed E-state index contributed by atoms with van der Waals surface area (Å²) in [4.78, 5) is 25.1. The normalized spacial score (nSPS) is 19.6. The summed E-state index contributed by atoms with van der Waals surface area (Å²) in [6.07, 6.45) is 5.24. The Hall–Kier alpha value is -4.96. The van der Waals surface area contributed by atoms with Gasteiger partial charge in [0.05, 0.1) is 30.9 Å². The molecule has 1 aromatic heterocycles. The predicted octanol–water partition coefficient (Wildman–Crippen LogP) is 6.85. The average Bonchev–Trinajstić information content (AvgIpc) is 3.22. The summed E-state index contributed by atoms with van der Waals surface area (Å²) in [5.74, 6) is 2.97. The lowest BCUT2D eigenvalue weighted by Gasteiger charge is -2.37. The van der Waals surface area contributed by atoms with Gasteiger partial charge in [0.2, 0.25) is 0 Å². The van der Waals surface area contributed by atoms with E-state index in [-0.39, 0.29) is 40.1 Å². The number of phenols is 2. The van der Waals surface area contributed by atoms with Gasteiger partial charge in [-0.2, -0.15) is 0 Å². The second-order valence-electron chi connectivity index (χ2n) is 14.5. The molecule has 3 aromatic carbocycles. The number of ether oxygens (including phenoxy) is 4. The van der Waals surface area contributed by atoms with E-state index >= 15 is 0 Å². The van der Waals surface area contributed by atoms with E-state index in [1.54, 1.807) is 40.0 Å². The highest BCUT2D eigenvalue weighted by molar-refractivity contribution is 6.01. The quantitative estimate of drug-likeness (QED) is 0.195. The van der Waals surface area contributed by atoms with Crippen molar-refractivity contribution in [1.29, 1.82) is 0 Å². The first-order valence-electron chi connectivity index (χ1n) is 16.8. The van der Waals surface area contributed by atoms with Gasteiger partial charge in [-0.3, -0.25) is 9.59 Å². The summed E-state index contributed by atoms with van der Waals surface area (Å²) in [6, 6.07) is 9.84. The highest BCUT2D eigenvalue weighted by Gasteiger charge is 2.36. The molecule has 4 heterocycles. The fourth-order valence-corrected chi connectivity index (χ4v) is 6.54. The third kappa shape index (κ3) is 6.76. The molecule has 3 aliphatic rings. The number of phenolic OH excluding ortho intramolecular Hbond substituents is 2. The molecular weight excluding hydrogens is 640 g/mol. The maximum atomic E-state index is 13.1. The smallest absolute Gasteiger partial charge is 0.196 e. The predicted molar refractivity (Wildman–Crippen MR) is 189 cm³/mol. The van der Waals surface area contributed by atoms with Crippen LogP contribution in [-0.2, 0) is 19.3 Å². The molecule has 10 nitrogen and oxygen atoms in total. The number of Topliss-reactive ketones (excluding diaryl/α,β-unsaturated/α-hetero) is 1. The lowest BCUT2D eigenvalue weighted by Crippen LogP contribution is -2.46. The largest absolute Gasteiger partial charge is 0.507 e. The van der Waals surface area contributed by atoms with Gasteiger partial charge in [-0.05, 0) is 83.2 Å². The number of benzene rings is 3. The standard InChI is InChI=1S/C25H28O6.C15H16O4/c1-24(2)9-8-16-20(30-24)7-6-14(23(16)29-5)11-18(26)17-10-15-12-22(28)25(3,4)31-21(15)13-19(17)27;1-8-3-4-10-12(18-7-8)6-13-14(15(10)17)11(16)5-9(2)19-13/h6-10,13,22,27-28H,11-12H2,1-5H3;5-6,8,17H,3-4,7H2,1-2H3. The lowest BCUT2D eigenvalue weighted by molar-refractivity contribution is -0.0412. The minimum absolute atomic E-state index is 0.00958. The molecule has 0 bridgehead atoms. The molecule has 0 fully saturated rings. The van der Waals surface area contributed by atoms with Crippen LogP contribution in [0.1, 0.15) is 79.4 Å². The molecule has 7 rings (SSSR count). The molecule has 2 atom stereocenters. The summed E-state index contributed by atoms with van der Waals surface area (Å²) < 4.78 is 28.6. The van der Waals surface area contributed by atoms with Gasteiger partial charge in [0, 0.05) is 42.2 Å². The maximum absolute atomic E-state index is 13.1. The second kappa shape index (κ2) is 13.1. The zero-order chi connectivity index (χ0) is 36.1. The van der Waals surface area contributed by atoms with Gasteiger partial charge in [0.15, 0.2) is 11.2 Å². The van der Waals surface area contributed by atoms with Crippen molar-refractivity contribution in [3.8, 4) is 34.5 Å². The summed E-state index contributed by atoms with van der Waals surface area (Å²) in [6.45, 7) is 12.0. The first kappa shape index (κ1) is 34.9. The molecule has 50 heavy (non-hydrogen) atoms. The number of aliphatic hydroxyl groups excluding tert-OH is 1. The van der Waals surface area contributed by atoms with E-state index < -0.39 is 17.3 Å². The van der Waals surface area contributed by atoms with Crippen LogP contribution in [-0.4, -0.2) is 52.1 Å². The second-order valence-corrected chi connectivity index (χ2v) is 14.5. The van der Waals surface area contributed by atoms with Crippen LogP contribution in [0, 0.1) is 12.8 Å². The third-order valence-electron chi connectivity index (χ3n) is 9.48. The number of aromatic hydroxyl groups is 2. The molecule has 0 spiro atoms. The van der Waals surface area contributed by atoms with Gasteiger partial charge in [0.25, 0.3) is 0 Å². The van der Waals surface area contributed by atoms with Crippen LogP contribution in [0.4, 0.5) is 0 Å². The number of carbonyl (C=O) groups excluding carboxylic acids is 1. The molecule has 0 radical (unpaired) electrons. The molecule has 2 unspecified atom stereocenters. The molecule has 4 aromatic rings. The van der Waals surface area contributed by atoms with Crippen LogP contribution in [0.3, 0.4) is 0 Å². The number of rotatable bonds is 4. The van der Waals surface area contributed by atoms with Crippen LogP contribution in [0.25, 0.3) is 17.0 Å². The van der Waals surface area contributed by atoms with Crippen molar-refractivity contribution < 1.29 is 43.5 Å². The van der Waals surface area contributed by atoms with Crippen molar-refractivity contribution >= 4 is 22.8 Å². The number of carbonyl (C=O) groups is 1. The van der Waals surface area contributed by atoms with Crippen LogP contribution in [0.2, 0.25) is 0 Å². The van der Waals surface area contributed by atoms with E-state index in [9.17, 15) is 24.9 Å². The highest BCUT2D eigenvalue weighted by Crippen LogP contribution is 2.42. The van der Waals surface area contributed by atoms with Crippen molar-refractivity contribution in [2.45, 2.75) is 84.5 Å². The zero-order valence-corrected chi connectivity index (χ0v) is 29.5. The molecule has 3 aliphatic heterocycles. The number of aliphatic hydroxyl groups is 1. The van der Waals surface area contributed by atoms with Crippen molar-refractivity contribution in [3.63, 3.8) is 0 Å². The molecule has 0 aliphatic carbocycles. The van der Waals surface area contributed by atoms with E-state index in [0.29, 0.717) is 76.4 Å². The Labute approximate surface area is 290 Å². The maximum Gasteiger partial charge on any atom is 0.196 e. The number of fused-ring (bicyclic) bond motifs is 4. The first-order valence-corrected chi connectivity index (χ1v) is 16.8. The number of hydrogen-bond acceptors (Lipinski definition) is 10. The van der Waals surface area contributed by atoms with Gasteiger partial charge < -0.3 is 38.7 Å². The average molecular weight is 685 g/mol. The molecule has 3 N–H and O–H groups in total. The Balaban J connectivity index is 0.000000194. The van der Waals surface area contributed by atoms with Crippen LogP contribution < -0.4 is 24.4 Å². The van der Waals surface area contributed by atoms with E-state index in [1.807, 2.05) is 38.1 Å². The van der Waals surface area contributed by atoms with E-state index in [4.69, 9.17) is 23.4 Å². The molecular formula is C40H44O10. The van der Waals surface area contributed by atoms with Gasteiger partial charge >= 0.3 is 0 Å². The summed E-state index contributed by atoms with van der Waals surface area (Å²) in [5, 5.41) is 31.4. The molecule has 0 saturated carbocycles. The molecule has 0 amide bonds. The minimum Gasteiger partial charge on any atom is -0.507 e. The van der Waals surface area contributed by atoms with Gasteiger partial charge in [0.1, 0.15) is 62.4 Å². The number of ketones is 1. The van der Waals surface area contributed by atoms with Crippen molar-refractivity contribution in [2.24, 2.45) is 5.92 Å². The van der Waals surface area contributed by atoms with Gasteiger partial charge in [-0.15, -0.1) is 0 Å². The van der Waals surface area contributed by atoms with Crippen molar-refractivity contribution in [1.82, 2.24) is 0 Å². The van der Waals surface area contributed by atoms with E-state index in [2.05, 4.69) is 6.92 Å². The number of methoxy groups -OCH3 is 1. The van der Waals surface area contributed by atoms with Crippen molar-refractivity contribution in [3.05, 3.63) is 86.3 Å². The van der Waals surface area contributed by atoms with Crippen LogP contribution in [0.15, 0.2) is 51.7 Å². The monoisotopic (exact) mass is 684 g/mol.